The Morgan fingerprint density at radius 2 is 1.50 bits per heavy atom. The van der Waals surface area contributed by atoms with Crippen molar-refractivity contribution in [3.8, 4) is 11.5 Å². The quantitative estimate of drug-likeness (QED) is 0.483. The Morgan fingerprint density at radius 3 is 2.07 bits per heavy atom. The van der Waals surface area contributed by atoms with Crippen LogP contribution in [0.1, 0.15) is 36.1 Å². The number of hydrogen-bond acceptors (Lipinski definition) is 7. The van der Waals surface area contributed by atoms with Gasteiger partial charge in [0.1, 0.15) is 5.75 Å². The number of fused-ring (bicyclic) bond motifs is 2. The van der Waals surface area contributed by atoms with E-state index in [0.717, 1.165) is 29.0 Å². The first-order valence-corrected chi connectivity index (χ1v) is 9.02. The summed E-state index contributed by atoms with van der Waals surface area (Å²) in [4.78, 5) is 18.6. The Kier molecular flexibility index (Phi) is 5.88. The normalized spacial score (nSPS) is 12.8. The number of anilines is 1. The molecule has 0 saturated heterocycles. The first kappa shape index (κ1) is 19.3. The van der Waals surface area contributed by atoms with E-state index in [0.29, 0.717) is 31.2 Å². The third-order valence-electron chi connectivity index (χ3n) is 4.27. The maximum absolute atomic E-state index is 10.8. The van der Waals surface area contributed by atoms with Gasteiger partial charge >= 0.3 is 5.69 Å². The molecule has 0 bridgehead atoms. The van der Waals surface area contributed by atoms with Crippen molar-refractivity contribution in [3.63, 3.8) is 0 Å². The van der Waals surface area contributed by atoms with Crippen LogP contribution in [0.2, 0.25) is 0 Å². The molecule has 146 valence electrons. The number of hydrogen-bond donors (Lipinski definition) is 1. The third kappa shape index (κ3) is 4.11. The molecule has 0 saturated carbocycles. The highest BCUT2D eigenvalue weighted by Crippen LogP contribution is 2.32. The number of nitrogen functional groups attached to an aromatic ring is 1. The van der Waals surface area contributed by atoms with E-state index in [4.69, 9.17) is 15.2 Å². The summed E-state index contributed by atoms with van der Waals surface area (Å²) in [5.74, 6) is 1.10. The summed E-state index contributed by atoms with van der Waals surface area (Å²) >= 11 is 0. The molecular formula is C20H22N4O4. The van der Waals surface area contributed by atoms with E-state index in [9.17, 15) is 10.1 Å². The molecule has 0 radical (unpaired) electrons. The van der Waals surface area contributed by atoms with Gasteiger partial charge in [-0.1, -0.05) is 0 Å². The van der Waals surface area contributed by atoms with Crippen molar-refractivity contribution in [3.05, 3.63) is 56.6 Å². The second-order valence-electron chi connectivity index (χ2n) is 6.17. The largest absolute Gasteiger partial charge is 0.492 e. The highest BCUT2D eigenvalue weighted by atomic mass is 16.6. The molecule has 0 amide bonds. The molecule has 0 aromatic heterocycles. The average molecular weight is 382 g/mol. The molecule has 0 spiro atoms. The molecule has 2 aliphatic heterocycles. The number of ether oxygens (including phenoxy) is 2. The average Bonchev–Trinajstić information content (AvgIpc) is 3.30. The van der Waals surface area contributed by atoms with Crippen molar-refractivity contribution in [2.24, 2.45) is 9.98 Å². The van der Waals surface area contributed by atoms with Crippen LogP contribution in [0.15, 0.2) is 34.3 Å². The molecule has 2 aromatic rings. The Hall–Kier alpha value is -3.42. The van der Waals surface area contributed by atoms with Crippen LogP contribution in [0.25, 0.3) is 0 Å². The Bertz CT molecular complexity index is 954. The number of nitro benzene ring substituents is 1. The zero-order chi connectivity index (χ0) is 20.1. The van der Waals surface area contributed by atoms with Crippen LogP contribution in [0.5, 0.6) is 11.5 Å². The van der Waals surface area contributed by atoms with Gasteiger partial charge in [0, 0.05) is 24.1 Å². The second-order valence-corrected chi connectivity index (χ2v) is 6.17. The van der Waals surface area contributed by atoms with Crippen molar-refractivity contribution >= 4 is 23.8 Å². The van der Waals surface area contributed by atoms with E-state index in [1.165, 1.54) is 11.6 Å². The lowest BCUT2D eigenvalue weighted by Crippen LogP contribution is -1.99. The minimum atomic E-state index is -0.433. The number of nitrogens with two attached hydrogens (primary N) is 1. The SMILES string of the molecule is CCOc1cc2c(cc1N)C=NC2.CCOc1cc2c(cc1[N+](=O)[O-])C=NC2. The maximum Gasteiger partial charge on any atom is 0.311 e. The first-order valence-electron chi connectivity index (χ1n) is 9.02. The van der Waals surface area contributed by atoms with Crippen molar-refractivity contribution in [2.45, 2.75) is 26.9 Å². The Balaban J connectivity index is 0.000000162. The van der Waals surface area contributed by atoms with Crippen LogP contribution in [-0.4, -0.2) is 30.6 Å². The summed E-state index contributed by atoms with van der Waals surface area (Å²) in [7, 11) is 0. The lowest BCUT2D eigenvalue weighted by Gasteiger charge is -2.08. The smallest absolute Gasteiger partial charge is 0.311 e. The predicted octanol–water partition coefficient (Wildman–Crippen LogP) is 3.53. The second kappa shape index (κ2) is 8.51. The zero-order valence-corrected chi connectivity index (χ0v) is 15.8. The van der Waals surface area contributed by atoms with E-state index in [1.54, 1.807) is 19.2 Å². The van der Waals surface area contributed by atoms with Gasteiger partial charge in [-0.05, 0) is 48.7 Å². The number of benzene rings is 2. The highest BCUT2D eigenvalue weighted by Gasteiger charge is 2.20. The summed E-state index contributed by atoms with van der Waals surface area (Å²) in [5, 5.41) is 10.8. The van der Waals surface area contributed by atoms with E-state index >= 15 is 0 Å². The molecule has 0 aliphatic carbocycles. The zero-order valence-electron chi connectivity index (χ0n) is 15.8. The van der Waals surface area contributed by atoms with Crippen molar-refractivity contribution in [1.82, 2.24) is 0 Å². The Labute approximate surface area is 162 Å². The summed E-state index contributed by atoms with van der Waals surface area (Å²) < 4.78 is 10.6. The summed E-state index contributed by atoms with van der Waals surface area (Å²) in [5.41, 5.74) is 10.6. The van der Waals surface area contributed by atoms with Crippen LogP contribution in [-0.2, 0) is 13.1 Å². The molecule has 0 fully saturated rings. The molecule has 8 nitrogen and oxygen atoms in total. The molecule has 8 heteroatoms. The van der Waals surface area contributed by atoms with Crippen LogP contribution in [0.4, 0.5) is 11.4 Å². The number of aliphatic imine (C=N–C) groups is 2. The van der Waals surface area contributed by atoms with E-state index in [-0.39, 0.29) is 5.69 Å². The van der Waals surface area contributed by atoms with Gasteiger partial charge in [-0.3, -0.25) is 20.1 Å². The third-order valence-corrected chi connectivity index (χ3v) is 4.27. The monoisotopic (exact) mass is 382 g/mol. The van der Waals surface area contributed by atoms with Gasteiger partial charge < -0.3 is 15.2 Å². The molecule has 2 aliphatic rings. The predicted molar refractivity (Wildman–Crippen MR) is 109 cm³/mol. The number of rotatable bonds is 5. The molecule has 0 unspecified atom stereocenters. The van der Waals surface area contributed by atoms with Gasteiger partial charge in [0.05, 0.1) is 36.9 Å². The van der Waals surface area contributed by atoms with Gasteiger partial charge in [0.25, 0.3) is 0 Å². The van der Waals surface area contributed by atoms with Gasteiger partial charge in [0.2, 0.25) is 0 Å². The fraction of sp³-hybridized carbons (Fsp3) is 0.300. The fourth-order valence-electron chi connectivity index (χ4n) is 2.98. The van der Waals surface area contributed by atoms with Crippen LogP contribution >= 0.6 is 0 Å². The highest BCUT2D eigenvalue weighted by molar-refractivity contribution is 5.87. The summed E-state index contributed by atoms with van der Waals surface area (Å²) in [6.45, 7) is 6.13. The van der Waals surface area contributed by atoms with Gasteiger partial charge in [-0.15, -0.1) is 0 Å². The summed E-state index contributed by atoms with van der Waals surface area (Å²) in [6.07, 6.45) is 3.50. The van der Waals surface area contributed by atoms with Gasteiger partial charge in [-0.2, -0.15) is 0 Å². The molecule has 4 rings (SSSR count). The summed E-state index contributed by atoms with van der Waals surface area (Å²) in [6, 6.07) is 7.10. The van der Waals surface area contributed by atoms with Crippen molar-refractivity contribution < 1.29 is 14.4 Å². The maximum atomic E-state index is 10.8. The van der Waals surface area contributed by atoms with Gasteiger partial charge in [-0.25, -0.2) is 0 Å². The van der Waals surface area contributed by atoms with E-state index in [2.05, 4.69) is 9.98 Å². The topological polar surface area (TPSA) is 112 Å². The lowest BCUT2D eigenvalue weighted by atomic mass is 10.1. The molecule has 2 heterocycles. The lowest BCUT2D eigenvalue weighted by molar-refractivity contribution is -0.385. The molecule has 2 N–H and O–H groups in total. The standard InChI is InChI=1S/C10H10N2O3.C10H12N2O/c1-2-15-10-4-8-6-11-5-7(8)3-9(10)12(13)14;1-2-13-10-4-8-6-12-5-7(8)3-9(10)11/h3-5H,2,6H2,1H3;3-5H,2,6,11H2,1H3. The molecule has 0 atom stereocenters. The van der Waals surface area contributed by atoms with E-state index < -0.39 is 4.92 Å². The molecule has 28 heavy (non-hydrogen) atoms. The molecule has 2 aromatic carbocycles. The Morgan fingerprint density at radius 1 is 0.964 bits per heavy atom. The first-order chi connectivity index (χ1) is 13.5. The number of nitro groups is 1. The molecular weight excluding hydrogens is 360 g/mol. The minimum absolute atomic E-state index is 0.00366. The minimum Gasteiger partial charge on any atom is -0.492 e. The van der Waals surface area contributed by atoms with E-state index in [1.807, 2.05) is 25.3 Å². The van der Waals surface area contributed by atoms with Crippen molar-refractivity contribution in [1.29, 1.82) is 0 Å². The van der Waals surface area contributed by atoms with Crippen LogP contribution < -0.4 is 15.2 Å². The fourth-order valence-corrected chi connectivity index (χ4v) is 2.98. The number of nitrogens with zero attached hydrogens (tertiary/aromatic N) is 3. The van der Waals surface area contributed by atoms with Crippen molar-refractivity contribution in [2.75, 3.05) is 18.9 Å². The van der Waals surface area contributed by atoms with Crippen LogP contribution in [0, 0.1) is 10.1 Å². The van der Waals surface area contributed by atoms with Crippen LogP contribution in [0.3, 0.4) is 0 Å². The van der Waals surface area contributed by atoms with Gasteiger partial charge in [0.15, 0.2) is 5.75 Å².